The number of alkyl halides is 3. The highest BCUT2D eigenvalue weighted by atomic mass is 19.4. The van der Waals surface area contributed by atoms with Gasteiger partial charge in [0, 0.05) is 18.0 Å². The van der Waals surface area contributed by atoms with Crippen molar-refractivity contribution in [2.75, 3.05) is 6.54 Å². The van der Waals surface area contributed by atoms with E-state index in [2.05, 4.69) is 5.32 Å². The molecule has 5 heteroatoms. The van der Waals surface area contributed by atoms with Gasteiger partial charge in [-0.3, -0.25) is 4.79 Å². The van der Waals surface area contributed by atoms with Gasteiger partial charge in [-0.1, -0.05) is 42.8 Å². The Hall–Kier alpha value is -2.14. The summed E-state index contributed by atoms with van der Waals surface area (Å²) in [6.45, 7) is 0.963. The van der Waals surface area contributed by atoms with Gasteiger partial charge in [0.05, 0.1) is 5.56 Å². The van der Waals surface area contributed by atoms with Crippen LogP contribution in [0.2, 0.25) is 0 Å². The average molecular weight is 347 g/mol. The summed E-state index contributed by atoms with van der Waals surface area (Å²) in [4.78, 5) is 12.4. The van der Waals surface area contributed by atoms with E-state index < -0.39 is 11.7 Å². The summed E-state index contributed by atoms with van der Waals surface area (Å²) < 4.78 is 37.8. The van der Waals surface area contributed by atoms with Crippen molar-refractivity contribution < 1.29 is 18.0 Å². The molecule has 2 nitrogen and oxygen atoms in total. The molecule has 1 atom stereocenters. The van der Waals surface area contributed by atoms with Gasteiger partial charge in [-0.05, 0) is 42.6 Å². The molecule has 1 heterocycles. The topological polar surface area (TPSA) is 29.1 Å². The van der Waals surface area contributed by atoms with Crippen LogP contribution in [-0.4, -0.2) is 18.4 Å². The van der Waals surface area contributed by atoms with Gasteiger partial charge in [-0.15, -0.1) is 0 Å². The molecule has 2 aromatic rings. The molecule has 1 aliphatic rings. The number of hydrogen-bond donors (Lipinski definition) is 1. The molecular formula is C20H20F3NO. The number of ketones is 1. The third-order valence-corrected chi connectivity index (χ3v) is 4.60. The van der Waals surface area contributed by atoms with E-state index in [1.807, 2.05) is 0 Å². The minimum Gasteiger partial charge on any atom is -0.314 e. The maximum atomic E-state index is 12.6. The Morgan fingerprint density at radius 1 is 0.960 bits per heavy atom. The standard InChI is InChI=1S/C20H20F3NO/c21-20(22,23)17-10-8-15(9-11-17)14-4-6-16(7-5-14)19(25)13-18-3-1-2-12-24-18/h4-11,18,24H,1-3,12-13H2. The van der Waals surface area contributed by atoms with Crippen LogP contribution in [0.5, 0.6) is 0 Å². The van der Waals surface area contributed by atoms with Gasteiger partial charge in [0.25, 0.3) is 0 Å². The van der Waals surface area contributed by atoms with E-state index in [4.69, 9.17) is 0 Å². The Labute approximate surface area is 145 Å². The molecule has 0 aromatic heterocycles. The number of carbonyl (C=O) groups is 1. The molecule has 1 saturated heterocycles. The van der Waals surface area contributed by atoms with E-state index in [0.717, 1.165) is 43.5 Å². The largest absolute Gasteiger partial charge is 0.416 e. The lowest BCUT2D eigenvalue weighted by Gasteiger charge is -2.22. The van der Waals surface area contributed by atoms with Gasteiger partial charge < -0.3 is 5.32 Å². The molecule has 0 radical (unpaired) electrons. The number of carbonyl (C=O) groups excluding carboxylic acids is 1. The van der Waals surface area contributed by atoms with Crippen LogP contribution in [-0.2, 0) is 6.18 Å². The van der Waals surface area contributed by atoms with Crippen molar-refractivity contribution in [3.63, 3.8) is 0 Å². The van der Waals surface area contributed by atoms with Crippen molar-refractivity contribution in [2.45, 2.75) is 37.9 Å². The minimum absolute atomic E-state index is 0.0957. The second-order valence-electron chi connectivity index (χ2n) is 6.43. The van der Waals surface area contributed by atoms with Gasteiger partial charge in [0.1, 0.15) is 0 Å². The summed E-state index contributed by atoms with van der Waals surface area (Å²) in [5.74, 6) is 0.0957. The fraction of sp³-hybridized carbons (Fsp3) is 0.350. The lowest BCUT2D eigenvalue weighted by molar-refractivity contribution is -0.137. The average Bonchev–Trinajstić information content (AvgIpc) is 2.62. The molecule has 1 fully saturated rings. The van der Waals surface area contributed by atoms with Crippen molar-refractivity contribution >= 4 is 5.78 Å². The van der Waals surface area contributed by atoms with E-state index in [1.54, 1.807) is 24.3 Å². The zero-order valence-electron chi connectivity index (χ0n) is 13.8. The van der Waals surface area contributed by atoms with Crippen molar-refractivity contribution in [1.29, 1.82) is 0 Å². The molecule has 0 saturated carbocycles. The number of halogens is 3. The fourth-order valence-corrected chi connectivity index (χ4v) is 3.14. The monoisotopic (exact) mass is 347 g/mol. The second-order valence-corrected chi connectivity index (χ2v) is 6.43. The molecule has 132 valence electrons. The summed E-state index contributed by atoms with van der Waals surface area (Å²) in [7, 11) is 0. The van der Waals surface area contributed by atoms with Crippen molar-refractivity contribution in [3.8, 4) is 11.1 Å². The van der Waals surface area contributed by atoms with Crippen LogP contribution >= 0.6 is 0 Å². The second kappa shape index (κ2) is 7.40. The Morgan fingerprint density at radius 2 is 1.56 bits per heavy atom. The molecule has 3 rings (SSSR count). The maximum absolute atomic E-state index is 12.6. The third-order valence-electron chi connectivity index (χ3n) is 4.60. The summed E-state index contributed by atoms with van der Waals surface area (Å²) in [5, 5.41) is 3.36. The number of piperidine rings is 1. The highest BCUT2D eigenvalue weighted by Gasteiger charge is 2.29. The van der Waals surface area contributed by atoms with Crippen molar-refractivity contribution in [3.05, 3.63) is 59.7 Å². The van der Waals surface area contributed by atoms with Crippen LogP contribution < -0.4 is 5.32 Å². The number of hydrogen-bond acceptors (Lipinski definition) is 2. The van der Waals surface area contributed by atoms with Gasteiger partial charge in [-0.25, -0.2) is 0 Å². The number of benzene rings is 2. The van der Waals surface area contributed by atoms with Crippen LogP contribution in [0.1, 0.15) is 41.6 Å². The molecular weight excluding hydrogens is 327 g/mol. The molecule has 0 bridgehead atoms. The van der Waals surface area contributed by atoms with Crippen molar-refractivity contribution in [1.82, 2.24) is 5.32 Å². The predicted octanol–water partition coefficient (Wildman–Crippen LogP) is 5.09. The Balaban J connectivity index is 1.68. The van der Waals surface area contributed by atoms with Crippen LogP contribution in [0.4, 0.5) is 13.2 Å². The highest BCUT2D eigenvalue weighted by molar-refractivity contribution is 5.96. The number of Topliss-reactive ketones (excluding diaryl/α,β-unsaturated/α-hetero) is 1. The van der Waals surface area contributed by atoms with Gasteiger partial charge in [-0.2, -0.15) is 13.2 Å². The van der Waals surface area contributed by atoms with Gasteiger partial charge in [0.2, 0.25) is 0 Å². The first-order chi connectivity index (χ1) is 11.9. The van der Waals surface area contributed by atoms with Gasteiger partial charge in [0.15, 0.2) is 5.78 Å². The lowest BCUT2D eigenvalue weighted by atomic mass is 9.95. The summed E-state index contributed by atoms with van der Waals surface area (Å²) >= 11 is 0. The molecule has 1 N–H and O–H groups in total. The first-order valence-electron chi connectivity index (χ1n) is 8.48. The van der Waals surface area contributed by atoms with E-state index in [1.165, 1.54) is 12.1 Å². The minimum atomic E-state index is -4.33. The smallest absolute Gasteiger partial charge is 0.314 e. The molecule has 25 heavy (non-hydrogen) atoms. The van der Waals surface area contributed by atoms with Crippen LogP contribution in [0.25, 0.3) is 11.1 Å². The van der Waals surface area contributed by atoms with E-state index in [9.17, 15) is 18.0 Å². The van der Waals surface area contributed by atoms with E-state index >= 15 is 0 Å². The first kappa shape index (κ1) is 17.7. The first-order valence-corrected chi connectivity index (χ1v) is 8.48. The molecule has 0 aliphatic carbocycles. The summed E-state index contributed by atoms with van der Waals surface area (Å²) in [5.41, 5.74) is 1.47. The molecule has 0 amide bonds. The summed E-state index contributed by atoms with van der Waals surface area (Å²) in [6.07, 6.45) is -0.513. The quantitative estimate of drug-likeness (QED) is 0.781. The number of nitrogens with one attached hydrogen (secondary N) is 1. The SMILES string of the molecule is O=C(CC1CCCCN1)c1ccc(-c2ccc(C(F)(F)F)cc2)cc1. The Bertz CT molecular complexity index is 714. The Kier molecular flexibility index (Phi) is 5.23. The Morgan fingerprint density at radius 3 is 2.08 bits per heavy atom. The molecule has 0 spiro atoms. The zero-order valence-corrected chi connectivity index (χ0v) is 13.8. The molecule has 2 aromatic carbocycles. The third kappa shape index (κ3) is 4.48. The van der Waals surface area contributed by atoms with Crippen LogP contribution in [0.3, 0.4) is 0 Å². The summed E-state index contributed by atoms with van der Waals surface area (Å²) in [6, 6.07) is 12.4. The molecule has 1 aliphatic heterocycles. The predicted molar refractivity (Wildman–Crippen MR) is 91.5 cm³/mol. The van der Waals surface area contributed by atoms with Crippen molar-refractivity contribution in [2.24, 2.45) is 0 Å². The normalized spacial score (nSPS) is 18.1. The molecule has 1 unspecified atom stereocenters. The number of rotatable bonds is 4. The fourth-order valence-electron chi connectivity index (χ4n) is 3.14. The van der Waals surface area contributed by atoms with Crippen LogP contribution in [0, 0.1) is 0 Å². The van der Waals surface area contributed by atoms with Crippen LogP contribution in [0.15, 0.2) is 48.5 Å². The highest BCUT2D eigenvalue weighted by Crippen LogP contribution is 2.31. The maximum Gasteiger partial charge on any atom is 0.416 e. The van der Waals surface area contributed by atoms with E-state index in [0.29, 0.717) is 17.5 Å². The van der Waals surface area contributed by atoms with E-state index in [-0.39, 0.29) is 11.8 Å². The van der Waals surface area contributed by atoms with Gasteiger partial charge >= 0.3 is 6.18 Å². The zero-order chi connectivity index (χ0) is 17.9. The lowest BCUT2D eigenvalue weighted by Crippen LogP contribution is -2.35.